The Labute approximate surface area is 387 Å². The zero-order chi connectivity index (χ0) is 47.9. The maximum Gasteiger partial charge on any atom is 0.187 e. The number of hydrogen-bond acceptors (Lipinski definition) is 18. The SMILES string of the molecule is C[C@H]1O[C@@H](O[C@H]2CC[C@@]3(C)C(CC[C@]4(C)[C@@H]3C=C[C@]35OC[C@@]6(CCC(C)(C)C[C@H]63)[C@H](O)C[C@]54C)[C@]2(C)CO)[C@H](O[C@@H]2O[C@H](CO)[C@@H](O)[C@H](O)[C@H]2O)[C@@H](O[C@@H]2O[C@H](CO)[C@@H](O)[C@H](O)[C@H]2O)[C@H]1O. The number of ether oxygens (including phenoxy) is 7. The molecule has 1 unspecified atom stereocenters. The van der Waals surface area contributed by atoms with Crippen LogP contribution in [0.25, 0.3) is 0 Å². The van der Waals surface area contributed by atoms with Crippen molar-refractivity contribution < 1.29 is 89.3 Å². The Morgan fingerprint density at radius 3 is 1.80 bits per heavy atom. The molecule has 4 saturated carbocycles. The van der Waals surface area contributed by atoms with Gasteiger partial charge in [0.2, 0.25) is 0 Å². The lowest BCUT2D eigenvalue weighted by atomic mass is 9.32. The fourth-order valence-electron chi connectivity index (χ4n) is 15.8. The Bertz CT molecular complexity index is 1800. The summed E-state index contributed by atoms with van der Waals surface area (Å²) in [7, 11) is 0. The van der Waals surface area contributed by atoms with Gasteiger partial charge in [-0.05, 0) is 86.4 Å². The molecule has 4 aliphatic heterocycles. The van der Waals surface area contributed by atoms with Crippen molar-refractivity contribution in [2.45, 2.75) is 210 Å². The van der Waals surface area contributed by atoms with E-state index in [4.69, 9.17) is 33.2 Å². The number of hydrogen-bond donors (Lipinski definition) is 11. The second-order valence-electron chi connectivity index (χ2n) is 23.8. The minimum atomic E-state index is -1.88. The van der Waals surface area contributed by atoms with Crippen LogP contribution in [0.1, 0.15) is 99.8 Å². The Morgan fingerprint density at radius 1 is 0.606 bits per heavy atom. The minimum absolute atomic E-state index is 0.0615. The van der Waals surface area contributed by atoms with E-state index in [0.29, 0.717) is 25.9 Å². The fourth-order valence-corrected chi connectivity index (χ4v) is 15.8. The second-order valence-corrected chi connectivity index (χ2v) is 23.8. The van der Waals surface area contributed by atoms with Crippen LogP contribution in [-0.2, 0) is 33.2 Å². The van der Waals surface area contributed by atoms with E-state index in [-0.39, 0.29) is 51.4 Å². The molecule has 5 aliphatic carbocycles. The predicted molar refractivity (Wildman–Crippen MR) is 229 cm³/mol. The van der Waals surface area contributed by atoms with Gasteiger partial charge in [0.05, 0.1) is 50.3 Å². The van der Waals surface area contributed by atoms with Gasteiger partial charge in [-0.25, -0.2) is 0 Å². The van der Waals surface area contributed by atoms with Crippen LogP contribution in [-0.4, -0.2) is 193 Å². The minimum Gasteiger partial charge on any atom is -0.396 e. The first-order chi connectivity index (χ1) is 30.9. The molecule has 0 aromatic carbocycles. The molecule has 0 aromatic rings. The van der Waals surface area contributed by atoms with E-state index in [9.17, 15) is 56.2 Å². The zero-order valence-corrected chi connectivity index (χ0v) is 39.5. The standard InChI is InChI=1S/C48H78O18/c1-22-30(53)37(65-39-35(58)33(56)31(54)23(18-49)62-39)38(66-40-36(59)34(57)32(55)24(19-50)63-40)41(61-22)64-29-10-11-43(4)25(44(29,5)20-51)8-12-45(6)26(43)9-13-48-27-16-42(2,3)14-15-47(27,21-60-48)28(52)17-46(45,48)7/h9,13,22-41,49-59H,8,10-12,14-21H2,1-7H3/t22-,23-,24-,25?,26-,27-,28-,29+,30+,31-,32-,33+,34+,35-,36-,37+,38-,39+,40+,41+,43+,44+,45-,46+,47-,48+/m1/s1. The van der Waals surface area contributed by atoms with Gasteiger partial charge in [-0.15, -0.1) is 0 Å². The molecule has 1 spiro atoms. The van der Waals surface area contributed by atoms with Crippen LogP contribution in [0.4, 0.5) is 0 Å². The first kappa shape index (κ1) is 50.0. The maximum absolute atomic E-state index is 12.3. The summed E-state index contributed by atoms with van der Waals surface area (Å²) in [6, 6.07) is 0. The molecule has 26 atom stereocenters. The molecule has 8 fully saturated rings. The molecule has 9 aliphatic rings. The largest absolute Gasteiger partial charge is 0.396 e. The van der Waals surface area contributed by atoms with Crippen LogP contribution in [0.3, 0.4) is 0 Å². The van der Waals surface area contributed by atoms with Crippen LogP contribution in [0.5, 0.6) is 0 Å². The van der Waals surface area contributed by atoms with Crippen molar-refractivity contribution >= 4 is 0 Å². The number of rotatable bonds is 9. The summed E-state index contributed by atoms with van der Waals surface area (Å²) in [6.45, 7) is 14.1. The van der Waals surface area contributed by atoms with Crippen molar-refractivity contribution in [2.24, 2.45) is 50.2 Å². The van der Waals surface area contributed by atoms with Gasteiger partial charge in [0.15, 0.2) is 18.9 Å². The zero-order valence-electron chi connectivity index (χ0n) is 39.5. The second kappa shape index (κ2) is 17.1. The summed E-state index contributed by atoms with van der Waals surface area (Å²) in [5.74, 6) is 0.167. The van der Waals surface area contributed by atoms with Crippen molar-refractivity contribution in [3.05, 3.63) is 12.2 Å². The molecule has 2 bridgehead atoms. The van der Waals surface area contributed by atoms with Crippen LogP contribution in [0.15, 0.2) is 12.2 Å². The topological polar surface area (TPSA) is 287 Å². The normalized spacial score (nSPS) is 58.8. The lowest BCUT2D eigenvalue weighted by molar-refractivity contribution is -0.398. The highest BCUT2D eigenvalue weighted by atomic mass is 16.8. The van der Waals surface area contributed by atoms with E-state index in [1.54, 1.807) is 6.92 Å². The van der Waals surface area contributed by atoms with Crippen LogP contribution in [0, 0.1) is 50.2 Å². The van der Waals surface area contributed by atoms with Crippen LogP contribution in [0.2, 0.25) is 0 Å². The van der Waals surface area contributed by atoms with Gasteiger partial charge in [0.1, 0.15) is 67.1 Å². The molecule has 66 heavy (non-hydrogen) atoms. The van der Waals surface area contributed by atoms with Gasteiger partial charge in [-0.3, -0.25) is 0 Å². The van der Waals surface area contributed by atoms with Gasteiger partial charge in [0.25, 0.3) is 0 Å². The molecule has 4 heterocycles. The van der Waals surface area contributed by atoms with Crippen molar-refractivity contribution in [1.29, 1.82) is 0 Å². The van der Waals surface area contributed by atoms with E-state index < -0.39 is 129 Å². The number of allylic oxidation sites excluding steroid dienone is 1. The van der Waals surface area contributed by atoms with Gasteiger partial charge in [-0.2, -0.15) is 0 Å². The molecular weight excluding hydrogens is 865 g/mol. The Morgan fingerprint density at radius 2 is 1.21 bits per heavy atom. The van der Waals surface area contributed by atoms with Crippen molar-refractivity contribution in [3.63, 3.8) is 0 Å². The predicted octanol–water partition coefficient (Wildman–Crippen LogP) is -0.399. The lowest BCUT2D eigenvalue weighted by Gasteiger charge is -2.73. The van der Waals surface area contributed by atoms with E-state index in [1.807, 2.05) is 6.92 Å². The van der Waals surface area contributed by atoms with E-state index in [1.165, 1.54) is 0 Å². The summed E-state index contributed by atoms with van der Waals surface area (Å²) in [4.78, 5) is 0. The van der Waals surface area contributed by atoms with E-state index in [0.717, 1.165) is 32.1 Å². The van der Waals surface area contributed by atoms with Crippen molar-refractivity contribution in [2.75, 3.05) is 26.4 Å². The molecule has 18 nitrogen and oxygen atoms in total. The highest BCUT2D eigenvalue weighted by molar-refractivity contribution is 5.36. The van der Waals surface area contributed by atoms with E-state index in [2.05, 4.69) is 46.8 Å². The Hall–Kier alpha value is -0.980. The lowest BCUT2D eigenvalue weighted by Crippen LogP contribution is -2.72. The van der Waals surface area contributed by atoms with Gasteiger partial charge in [0, 0.05) is 22.2 Å². The quantitative estimate of drug-likeness (QED) is 0.104. The molecule has 11 N–H and O–H groups in total. The third-order valence-electron chi connectivity index (χ3n) is 20.0. The smallest absolute Gasteiger partial charge is 0.187 e. The highest BCUT2D eigenvalue weighted by Crippen LogP contribution is 2.79. The summed E-state index contributed by atoms with van der Waals surface area (Å²) in [5.41, 5.74) is -2.52. The maximum atomic E-state index is 12.3. The number of fused-ring (bicyclic) bond motifs is 4. The summed E-state index contributed by atoms with van der Waals surface area (Å²) < 4.78 is 44.4. The average molecular weight is 943 g/mol. The molecule has 0 radical (unpaired) electrons. The summed E-state index contributed by atoms with van der Waals surface area (Å²) >= 11 is 0. The monoisotopic (exact) mass is 943 g/mol. The Balaban J connectivity index is 1.03. The molecule has 18 heteroatoms. The fraction of sp³-hybridized carbons (Fsp3) is 0.958. The highest BCUT2D eigenvalue weighted by Gasteiger charge is 2.79. The van der Waals surface area contributed by atoms with Gasteiger partial charge < -0.3 is 89.3 Å². The number of aliphatic hydroxyl groups excluding tert-OH is 11. The first-order valence-electron chi connectivity index (χ1n) is 24.5. The first-order valence-corrected chi connectivity index (χ1v) is 24.5. The Kier molecular flexibility index (Phi) is 12.9. The molecule has 378 valence electrons. The average Bonchev–Trinajstić information content (AvgIpc) is 3.55. The van der Waals surface area contributed by atoms with Crippen molar-refractivity contribution in [3.8, 4) is 0 Å². The van der Waals surface area contributed by atoms with Gasteiger partial charge >= 0.3 is 0 Å². The third-order valence-corrected chi connectivity index (χ3v) is 20.0. The van der Waals surface area contributed by atoms with Gasteiger partial charge in [-0.1, -0.05) is 53.7 Å². The van der Waals surface area contributed by atoms with Crippen LogP contribution < -0.4 is 0 Å². The summed E-state index contributed by atoms with van der Waals surface area (Å²) in [6.07, 6.45) is -14.3. The molecule has 0 aromatic heterocycles. The van der Waals surface area contributed by atoms with Crippen molar-refractivity contribution in [1.82, 2.24) is 0 Å². The molecular formula is C48H78O18. The molecule has 9 rings (SSSR count). The molecule has 0 amide bonds. The van der Waals surface area contributed by atoms with Crippen LogP contribution >= 0.6 is 0 Å². The third kappa shape index (κ3) is 7.01. The van der Waals surface area contributed by atoms with E-state index >= 15 is 0 Å². The summed E-state index contributed by atoms with van der Waals surface area (Å²) in [5, 5.41) is 120. The number of aliphatic hydroxyl groups is 11. The molecule has 4 saturated heterocycles.